The summed E-state index contributed by atoms with van der Waals surface area (Å²) in [5, 5.41) is 0. The van der Waals surface area contributed by atoms with Crippen LogP contribution < -0.4 is 5.73 Å². The molecule has 1 aromatic heterocycles. The molecule has 0 saturated carbocycles. The van der Waals surface area contributed by atoms with Crippen molar-refractivity contribution in [1.82, 2.24) is 9.88 Å². The molecule has 0 spiro atoms. The molecular weight excluding hydrogens is 254 g/mol. The summed E-state index contributed by atoms with van der Waals surface area (Å²) >= 11 is 0. The highest BCUT2D eigenvalue weighted by atomic mass is 32.2. The van der Waals surface area contributed by atoms with Gasteiger partial charge in [-0.2, -0.15) is 0 Å². The van der Waals surface area contributed by atoms with Crippen LogP contribution in [0.25, 0.3) is 0 Å². The van der Waals surface area contributed by atoms with Crippen LogP contribution >= 0.6 is 0 Å². The summed E-state index contributed by atoms with van der Waals surface area (Å²) in [4.78, 5) is 17.7. The molecule has 2 heterocycles. The van der Waals surface area contributed by atoms with Crippen molar-refractivity contribution < 1.29 is 13.2 Å². The van der Waals surface area contributed by atoms with Crippen molar-refractivity contribution in [3.63, 3.8) is 0 Å². The molecule has 1 amide bonds. The van der Waals surface area contributed by atoms with Crippen LogP contribution in [0.5, 0.6) is 0 Å². The van der Waals surface area contributed by atoms with Gasteiger partial charge in [0, 0.05) is 12.6 Å². The van der Waals surface area contributed by atoms with Gasteiger partial charge in [-0.25, -0.2) is 13.4 Å². The van der Waals surface area contributed by atoms with E-state index in [0.29, 0.717) is 0 Å². The molecule has 1 unspecified atom stereocenters. The van der Waals surface area contributed by atoms with Crippen LogP contribution in [0.3, 0.4) is 0 Å². The van der Waals surface area contributed by atoms with Gasteiger partial charge in [0.15, 0.2) is 9.84 Å². The molecule has 2 rings (SSSR count). The van der Waals surface area contributed by atoms with Crippen LogP contribution in [0.1, 0.15) is 17.4 Å². The number of rotatable bonds is 1. The number of amides is 1. The van der Waals surface area contributed by atoms with Gasteiger partial charge in [-0.1, -0.05) is 6.07 Å². The monoisotopic (exact) mass is 269 g/mol. The van der Waals surface area contributed by atoms with E-state index in [1.165, 1.54) is 4.90 Å². The Hall–Kier alpha value is -1.63. The molecular formula is C11H15N3O3S. The molecule has 18 heavy (non-hydrogen) atoms. The second-order valence-corrected chi connectivity index (χ2v) is 6.64. The van der Waals surface area contributed by atoms with Gasteiger partial charge >= 0.3 is 0 Å². The number of anilines is 1. The molecule has 7 heteroatoms. The first-order chi connectivity index (χ1) is 8.39. The van der Waals surface area contributed by atoms with E-state index in [-0.39, 0.29) is 41.5 Å². The first-order valence-corrected chi connectivity index (χ1v) is 7.45. The standard InChI is InChI=1S/C11H15N3O3S/c1-8-7-18(16,17)6-5-14(8)11(15)9-3-2-4-10(12)13-9/h2-4,8H,5-7H2,1H3,(H2,12,13). The minimum absolute atomic E-state index is 0.00105. The van der Waals surface area contributed by atoms with Crippen molar-refractivity contribution in [2.75, 3.05) is 23.8 Å². The van der Waals surface area contributed by atoms with Crippen molar-refractivity contribution in [3.8, 4) is 0 Å². The molecule has 98 valence electrons. The van der Waals surface area contributed by atoms with Gasteiger partial charge in [0.2, 0.25) is 0 Å². The van der Waals surface area contributed by atoms with Gasteiger partial charge in [-0.05, 0) is 19.1 Å². The van der Waals surface area contributed by atoms with E-state index < -0.39 is 9.84 Å². The molecule has 1 aliphatic heterocycles. The molecule has 1 atom stereocenters. The number of nitrogen functional groups attached to an aromatic ring is 1. The molecule has 1 fully saturated rings. The van der Waals surface area contributed by atoms with Crippen molar-refractivity contribution in [2.24, 2.45) is 0 Å². The lowest BCUT2D eigenvalue weighted by Gasteiger charge is -2.32. The summed E-state index contributed by atoms with van der Waals surface area (Å²) in [6.07, 6.45) is 0. The maximum atomic E-state index is 12.2. The summed E-state index contributed by atoms with van der Waals surface area (Å²) in [6.45, 7) is 1.93. The van der Waals surface area contributed by atoms with E-state index in [2.05, 4.69) is 4.98 Å². The Morgan fingerprint density at radius 2 is 2.22 bits per heavy atom. The number of nitrogens with two attached hydrogens (primary N) is 1. The number of carbonyl (C=O) groups excluding carboxylic acids is 1. The smallest absolute Gasteiger partial charge is 0.272 e. The zero-order chi connectivity index (χ0) is 13.3. The summed E-state index contributed by atoms with van der Waals surface area (Å²) in [5.74, 6) is 0.00902. The number of carbonyl (C=O) groups is 1. The lowest BCUT2D eigenvalue weighted by Crippen LogP contribution is -2.49. The van der Waals surface area contributed by atoms with E-state index in [0.717, 1.165) is 0 Å². The quantitative estimate of drug-likeness (QED) is 0.770. The molecule has 0 aliphatic carbocycles. The van der Waals surface area contributed by atoms with Crippen LogP contribution in [-0.2, 0) is 9.84 Å². The van der Waals surface area contributed by atoms with E-state index in [1.807, 2.05) is 0 Å². The number of sulfone groups is 1. The van der Waals surface area contributed by atoms with Crippen LogP contribution in [0.2, 0.25) is 0 Å². The highest BCUT2D eigenvalue weighted by Crippen LogP contribution is 2.15. The van der Waals surface area contributed by atoms with Gasteiger partial charge in [0.25, 0.3) is 5.91 Å². The number of hydrogen-bond acceptors (Lipinski definition) is 5. The Balaban J connectivity index is 2.20. The van der Waals surface area contributed by atoms with Crippen LogP contribution in [0.4, 0.5) is 5.82 Å². The van der Waals surface area contributed by atoms with Crippen molar-refractivity contribution in [1.29, 1.82) is 0 Å². The van der Waals surface area contributed by atoms with Gasteiger partial charge in [0.05, 0.1) is 11.5 Å². The Bertz CT molecular complexity index is 571. The summed E-state index contributed by atoms with van der Waals surface area (Å²) in [7, 11) is -3.03. The van der Waals surface area contributed by atoms with Gasteiger partial charge in [0.1, 0.15) is 11.5 Å². The summed E-state index contributed by atoms with van der Waals surface area (Å²) in [6, 6.07) is 4.50. The van der Waals surface area contributed by atoms with Gasteiger partial charge in [-0.3, -0.25) is 4.79 Å². The average molecular weight is 269 g/mol. The second kappa shape index (κ2) is 4.56. The van der Waals surface area contributed by atoms with Crippen LogP contribution in [0.15, 0.2) is 18.2 Å². The SMILES string of the molecule is CC1CS(=O)(=O)CCN1C(=O)c1cccc(N)n1. The topological polar surface area (TPSA) is 93.4 Å². The zero-order valence-corrected chi connectivity index (χ0v) is 10.9. The third-order valence-electron chi connectivity index (χ3n) is 2.92. The molecule has 0 bridgehead atoms. The number of aromatic nitrogens is 1. The van der Waals surface area contributed by atoms with Gasteiger partial charge in [-0.15, -0.1) is 0 Å². The minimum atomic E-state index is -3.03. The Kier molecular flexibility index (Phi) is 3.25. The molecule has 1 aliphatic rings. The van der Waals surface area contributed by atoms with Crippen LogP contribution in [-0.4, -0.2) is 48.3 Å². The highest BCUT2D eigenvalue weighted by Gasteiger charge is 2.32. The molecule has 0 radical (unpaired) electrons. The second-order valence-electron chi connectivity index (χ2n) is 4.41. The fourth-order valence-electron chi connectivity index (χ4n) is 2.02. The molecule has 0 aromatic carbocycles. The van der Waals surface area contributed by atoms with Crippen molar-refractivity contribution in [3.05, 3.63) is 23.9 Å². The third-order valence-corrected chi connectivity index (χ3v) is 4.72. The first kappa shape index (κ1) is 12.8. The summed E-state index contributed by atoms with van der Waals surface area (Å²) < 4.78 is 22.9. The van der Waals surface area contributed by atoms with Crippen molar-refractivity contribution in [2.45, 2.75) is 13.0 Å². The fourth-order valence-corrected chi connectivity index (χ4v) is 3.57. The third kappa shape index (κ3) is 2.61. The minimum Gasteiger partial charge on any atom is -0.384 e. The largest absolute Gasteiger partial charge is 0.384 e. The van der Waals surface area contributed by atoms with E-state index in [9.17, 15) is 13.2 Å². The highest BCUT2D eigenvalue weighted by molar-refractivity contribution is 7.91. The zero-order valence-electron chi connectivity index (χ0n) is 10.0. The number of pyridine rings is 1. The molecule has 6 nitrogen and oxygen atoms in total. The fraction of sp³-hybridized carbons (Fsp3) is 0.455. The predicted octanol–water partition coefficient (Wildman–Crippen LogP) is -0.0771. The van der Waals surface area contributed by atoms with Crippen molar-refractivity contribution >= 4 is 21.6 Å². The average Bonchev–Trinajstić information content (AvgIpc) is 2.27. The van der Waals surface area contributed by atoms with E-state index in [1.54, 1.807) is 25.1 Å². The lowest BCUT2D eigenvalue weighted by atomic mass is 10.2. The Morgan fingerprint density at radius 3 is 2.83 bits per heavy atom. The first-order valence-electron chi connectivity index (χ1n) is 5.63. The molecule has 2 N–H and O–H groups in total. The number of hydrogen-bond donors (Lipinski definition) is 1. The number of nitrogens with zero attached hydrogens (tertiary/aromatic N) is 2. The Labute approximate surface area is 106 Å². The molecule has 1 saturated heterocycles. The molecule has 1 aromatic rings. The normalized spacial score (nSPS) is 22.7. The van der Waals surface area contributed by atoms with Crippen LogP contribution in [0, 0.1) is 0 Å². The predicted molar refractivity (Wildman–Crippen MR) is 67.8 cm³/mol. The maximum Gasteiger partial charge on any atom is 0.272 e. The van der Waals surface area contributed by atoms with Gasteiger partial charge < -0.3 is 10.6 Å². The lowest BCUT2D eigenvalue weighted by molar-refractivity contribution is 0.0706. The maximum absolute atomic E-state index is 12.2. The summed E-state index contributed by atoms with van der Waals surface area (Å²) in [5.41, 5.74) is 5.78. The van der Waals surface area contributed by atoms with E-state index in [4.69, 9.17) is 5.73 Å². The van der Waals surface area contributed by atoms with E-state index >= 15 is 0 Å². The Morgan fingerprint density at radius 1 is 1.50 bits per heavy atom.